The number of esters is 1. The summed E-state index contributed by atoms with van der Waals surface area (Å²) in [5, 5.41) is 0. The van der Waals surface area contributed by atoms with Crippen LogP contribution in [0.2, 0.25) is 0 Å². The van der Waals surface area contributed by atoms with E-state index < -0.39 is 0 Å². The summed E-state index contributed by atoms with van der Waals surface area (Å²) < 4.78 is 35.4. The van der Waals surface area contributed by atoms with Crippen LogP contribution >= 0.6 is 0 Å². The molecule has 2 aliphatic heterocycles. The number of hydrogen-bond acceptors (Lipinski definition) is 7. The Morgan fingerprint density at radius 2 is 1.85 bits per heavy atom. The lowest BCUT2D eigenvalue weighted by Gasteiger charge is -2.30. The van der Waals surface area contributed by atoms with Crippen molar-refractivity contribution in [2.75, 3.05) is 33.5 Å². The van der Waals surface area contributed by atoms with Crippen LogP contribution in [-0.2, 0) is 33.2 Å². The van der Waals surface area contributed by atoms with Crippen LogP contribution in [-0.4, -0.2) is 64.3 Å². The van der Waals surface area contributed by atoms with Gasteiger partial charge >= 0.3 is 5.97 Å². The first-order valence-corrected chi connectivity index (χ1v) is 15.8. The minimum atomic E-state index is -0.350. The van der Waals surface area contributed by atoms with E-state index in [0.29, 0.717) is 24.4 Å². The molecule has 2 heterocycles. The number of carbonyl (C=O) groups is 1. The number of carbonyl (C=O) groups excluding carboxylic acids is 1. The highest BCUT2D eigenvalue weighted by molar-refractivity contribution is 5.70. The maximum atomic E-state index is 11.5. The van der Waals surface area contributed by atoms with Crippen molar-refractivity contribution < 1.29 is 33.2 Å². The molecule has 0 bridgehead atoms. The molecule has 3 fully saturated rings. The molecule has 7 heteroatoms. The van der Waals surface area contributed by atoms with E-state index in [1.807, 2.05) is 6.92 Å². The largest absolute Gasteiger partial charge is 0.467 e. The third-order valence-corrected chi connectivity index (χ3v) is 8.88. The van der Waals surface area contributed by atoms with Crippen LogP contribution in [0.25, 0.3) is 0 Å². The minimum absolute atomic E-state index is 0.0270. The molecule has 2 saturated heterocycles. The van der Waals surface area contributed by atoms with Crippen LogP contribution in [0, 0.1) is 17.8 Å². The average Bonchev–Trinajstić information content (AvgIpc) is 3.52. The highest BCUT2D eigenvalue weighted by atomic mass is 16.7. The Bertz CT molecular complexity index is 853. The molecule has 0 aromatic carbocycles. The van der Waals surface area contributed by atoms with Gasteiger partial charge in [-0.1, -0.05) is 50.5 Å². The fourth-order valence-electron chi connectivity index (χ4n) is 6.62. The van der Waals surface area contributed by atoms with Crippen LogP contribution in [0.1, 0.15) is 90.9 Å². The van der Waals surface area contributed by atoms with Crippen molar-refractivity contribution in [3.63, 3.8) is 0 Å². The van der Waals surface area contributed by atoms with Gasteiger partial charge in [0.15, 0.2) is 12.6 Å². The maximum absolute atomic E-state index is 11.5. The van der Waals surface area contributed by atoms with E-state index in [-0.39, 0.29) is 37.4 Å². The predicted molar refractivity (Wildman–Crippen MR) is 155 cm³/mol. The Kier molecular flexibility index (Phi) is 13.2. The van der Waals surface area contributed by atoms with Crippen LogP contribution in [0.5, 0.6) is 0 Å². The Labute approximate surface area is 241 Å². The van der Waals surface area contributed by atoms with Crippen molar-refractivity contribution in [1.29, 1.82) is 0 Å². The van der Waals surface area contributed by atoms with Gasteiger partial charge in [0.05, 0.1) is 25.9 Å². The average molecular weight is 561 g/mol. The van der Waals surface area contributed by atoms with Gasteiger partial charge in [-0.2, -0.15) is 0 Å². The van der Waals surface area contributed by atoms with Crippen molar-refractivity contribution in [3.05, 3.63) is 35.5 Å². The first-order valence-electron chi connectivity index (χ1n) is 15.8. The Morgan fingerprint density at radius 1 is 1.07 bits per heavy atom. The van der Waals surface area contributed by atoms with E-state index in [4.69, 9.17) is 28.4 Å². The van der Waals surface area contributed by atoms with Gasteiger partial charge in [-0.3, -0.25) is 0 Å². The van der Waals surface area contributed by atoms with Crippen molar-refractivity contribution in [2.45, 2.75) is 116 Å². The minimum Gasteiger partial charge on any atom is -0.467 e. The summed E-state index contributed by atoms with van der Waals surface area (Å²) in [5.41, 5.74) is 2.49. The van der Waals surface area contributed by atoms with Crippen molar-refractivity contribution in [1.82, 2.24) is 0 Å². The standard InChI is InChI=1S/C33H52O7/c1-4-6-7-12-27(39-32-13-8-10-17-37-32)15-16-28-29-20-25(24(5-2)22-36-23-31(34)35-3)19-26(29)21-30(28)40-33-14-9-11-18-38-33/h5,15-16,19,26-30,32-33H,4,6-14,17-18,20-23H2,1-3H3/b16-15+,24-5+/t26-,27-,28+,29-,30+,32?,33?/m0/s1. The fourth-order valence-corrected chi connectivity index (χ4v) is 6.62. The summed E-state index contributed by atoms with van der Waals surface area (Å²) >= 11 is 0. The highest BCUT2D eigenvalue weighted by Crippen LogP contribution is 2.50. The summed E-state index contributed by atoms with van der Waals surface area (Å²) in [6.45, 7) is 6.27. The van der Waals surface area contributed by atoms with E-state index >= 15 is 0 Å². The summed E-state index contributed by atoms with van der Waals surface area (Å²) in [7, 11) is 1.38. The van der Waals surface area contributed by atoms with E-state index in [1.54, 1.807) is 0 Å². The summed E-state index contributed by atoms with van der Waals surface area (Å²) in [5.74, 6) is 0.868. The van der Waals surface area contributed by atoms with Gasteiger partial charge in [-0.25, -0.2) is 4.79 Å². The second kappa shape index (κ2) is 16.8. The third-order valence-electron chi connectivity index (χ3n) is 8.88. The van der Waals surface area contributed by atoms with Gasteiger partial charge < -0.3 is 28.4 Å². The molecule has 0 aromatic rings. The van der Waals surface area contributed by atoms with Crippen molar-refractivity contribution >= 4 is 5.97 Å². The summed E-state index contributed by atoms with van der Waals surface area (Å²) in [4.78, 5) is 11.5. The van der Waals surface area contributed by atoms with Crippen LogP contribution < -0.4 is 0 Å². The van der Waals surface area contributed by atoms with Crippen LogP contribution in [0.4, 0.5) is 0 Å². The van der Waals surface area contributed by atoms with Gasteiger partial charge in [-0.15, -0.1) is 0 Å². The van der Waals surface area contributed by atoms with Gasteiger partial charge in [0.25, 0.3) is 0 Å². The van der Waals surface area contributed by atoms with Crippen molar-refractivity contribution in [2.24, 2.45) is 17.8 Å². The highest BCUT2D eigenvalue weighted by Gasteiger charge is 2.46. The maximum Gasteiger partial charge on any atom is 0.331 e. The number of hydrogen-bond donors (Lipinski definition) is 0. The van der Waals surface area contributed by atoms with Gasteiger partial charge in [0.2, 0.25) is 0 Å². The van der Waals surface area contributed by atoms with E-state index in [1.165, 1.54) is 38.4 Å². The molecule has 7 atom stereocenters. The predicted octanol–water partition coefficient (Wildman–Crippen LogP) is 6.66. The molecular weight excluding hydrogens is 508 g/mol. The first kappa shape index (κ1) is 31.4. The fraction of sp³-hybridized carbons (Fsp3) is 0.788. The normalized spacial score (nSPS) is 31.8. The molecule has 0 spiro atoms. The molecule has 0 radical (unpaired) electrons. The Hall–Kier alpha value is -1.51. The molecule has 0 amide bonds. The SMILES string of the molecule is C/C=C(\COCC(=O)OC)C1=C[C@H]2C[C@@H](OC3CCCCO3)[C@H](/C=C/[C@H](CCCCC)OC3CCCCO3)[C@H]2C1. The molecule has 1 saturated carbocycles. The Morgan fingerprint density at radius 3 is 2.52 bits per heavy atom. The van der Waals surface area contributed by atoms with E-state index in [2.05, 4.69) is 31.2 Å². The first-order chi connectivity index (χ1) is 19.6. The van der Waals surface area contributed by atoms with Gasteiger partial charge in [0, 0.05) is 19.1 Å². The molecule has 0 aromatic heterocycles. The zero-order chi connectivity index (χ0) is 28.2. The lowest BCUT2D eigenvalue weighted by molar-refractivity contribution is -0.193. The topological polar surface area (TPSA) is 72.5 Å². The monoisotopic (exact) mass is 560 g/mol. The quantitative estimate of drug-likeness (QED) is 0.126. The summed E-state index contributed by atoms with van der Waals surface area (Å²) in [6, 6.07) is 0. The van der Waals surface area contributed by atoms with Crippen molar-refractivity contribution in [3.8, 4) is 0 Å². The smallest absolute Gasteiger partial charge is 0.331 e. The van der Waals surface area contributed by atoms with Gasteiger partial charge in [-0.05, 0) is 87.7 Å². The zero-order valence-electron chi connectivity index (χ0n) is 25.0. The molecule has 7 nitrogen and oxygen atoms in total. The van der Waals surface area contributed by atoms with E-state index in [0.717, 1.165) is 70.2 Å². The molecule has 2 aliphatic carbocycles. The zero-order valence-corrected chi connectivity index (χ0v) is 25.0. The number of allylic oxidation sites excluding steroid dienone is 2. The second-order valence-electron chi connectivity index (χ2n) is 11.7. The molecule has 4 rings (SSSR count). The number of ether oxygens (including phenoxy) is 6. The number of methoxy groups -OCH3 is 1. The molecular formula is C33H52O7. The molecule has 0 N–H and O–H groups in total. The van der Waals surface area contributed by atoms with Crippen LogP contribution in [0.15, 0.2) is 35.5 Å². The number of unbranched alkanes of at least 4 members (excludes halogenated alkanes) is 2. The molecule has 4 aliphatic rings. The lowest BCUT2D eigenvalue weighted by Crippen LogP contribution is -2.31. The third kappa shape index (κ3) is 9.25. The molecule has 2 unspecified atom stereocenters. The second-order valence-corrected chi connectivity index (χ2v) is 11.7. The van der Waals surface area contributed by atoms with Gasteiger partial charge in [0.1, 0.15) is 6.61 Å². The Balaban J connectivity index is 1.45. The molecule has 226 valence electrons. The molecule has 40 heavy (non-hydrogen) atoms. The lowest BCUT2D eigenvalue weighted by atomic mass is 9.88. The summed E-state index contributed by atoms with van der Waals surface area (Å²) in [6.07, 6.45) is 22.4. The van der Waals surface area contributed by atoms with Crippen LogP contribution in [0.3, 0.4) is 0 Å². The number of fused-ring (bicyclic) bond motifs is 1. The number of rotatable bonds is 15. The van der Waals surface area contributed by atoms with E-state index in [9.17, 15) is 4.79 Å².